The SMILES string of the molecule is Cc1c(CCCC(F)(F)F)c(Cl)n2nc(Cl)nc(NCc3ccco3)c12. The zero-order chi connectivity index (χ0) is 18.9. The zero-order valence-corrected chi connectivity index (χ0v) is 15.2. The van der Waals surface area contributed by atoms with E-state index in [-0.39, 0.29) is 23.3 Å². The maximum absolute atomic E-state index is 12.4. The van der Waals surface area contributed by atoms with Crippen LogP contribution in [0.3, 0.4) is 0 Å². The van der Waals surface area contributed by atoms with Gasteiger partial charge in [-0.15, -0.1) is 5.10 Å². The van der Waals surface area contributed by atoms with Gasteiger partial charge in [-0.2, -0.15) is 18.2 Å². The van der Waals surface area contributed by atoms with Crippen LogP contribution in [0.25, 0.3) is 5.52 Å². The zero-order valence-electron chi connectivity index (χ0n) is 13.7. The molecule has 0 amide bonds. The molecule has 10 heteroatoms. The van der Waals surface area contributed by atoms with Gasteiger partial charge in [0.05, 0.1) is 12.8 Å². The molecule has 0 radical (unpaired) electrons. The summed E-state index contributed by atoms with van der Waals surface area (Å²) in [5.74, 6) is 1.13. The van der Waals surface area contributed by atoms with Crippen LogP contribution in [-0.2, 0) is 13.0 Å². The minimum Gasteiger partial charge on any atom is -0.467 e. The second kappa shape index (κ2) is 7.36. The van der Waals surface area contributed by atoms with Crippen molar-refractivity contribution in [3.05, 3.63) is 45.7 Å². The Morgan fingerprint density at radius 2 is 2.08 bits per heavy atom. The summed E-state index contributed by atoms with van der Waals surface area (Å²) in [7, 11) is 0. The third-order valence-corrected chi connectivity index (χ3v) is 4.51. The molecule has 5 nitrogen and oxygen atoms in total. The lowest BCUT2D eigenvalue weighted by Crippen LogP contribution is -2.07. The molecule has 0 aliphatic rings. The van der Waals surface area contributed by atoms with Crippen LogP contribution in [0.5, 0.6) is 0 Å². The van der Waals surface area contributed by atoms with Crippen molar-refractivity contribution >= 4 is 34.5 Å². The largest absolute Gasteiger partial charge is 0.467 e. The molecule has 0 unspecified atom stereocenters. The van der Waals surface area contributed by atoms with Gasteiger partial charge in [-0.3, -0.25) is 0 Å². The van der Waals surface area contributed by atoms with Gasteiger partial charge in [0.2, 0.25) is 5.28 Å². The minimum atomic E-state index is -4.20. The van der Waals surface area contributed by atoms with E-state index in [9.17, 15) is 13.2 Å². The van der Waals surface area contributed by atoms with E-state index >= 15 is 0 Å². The summed E-state index contributed by atoms with van der Waals surface area (Å²) < 4.78 is 43.9. The average Bonchev–Trinajstić information content (AvgIpc) is 3.14. The molecule has 0 aliphatic carbocycles. The summed E-state index contributed by atoms with van der Waals surface area (Å²) in [6.07, 6.45) is -3.39. The first-order chi connectivity index (χ1) is 12.3. The summed E-state index contributed by atoms with van der Waals surface area (Å²) in [4.78, 5) is 4.18. The Morgan fingerprint density at radius 3 is 2.73 bits per heavy atom. The Balaban J connectivity index is 1.92. The highest BCUT2D eigenvalue weighted by Crippen LogP contribution is 2.33. The molecular weight excluding hydrogens is 392 g/mol. The lowest BCUT2D eigenvalue weighted by atomic mass is 10.1. The van der Waals surface area contributed by atoms with Crippen molar-refractivity contribution in [2.45, 2.75) is 38.9 Å². The first-order valence-electron chi connectivity index (χ1n) is 7.82. The molecule has 0 aromatic carbocycles. The number of hydrogen-bond acceptors (Lipinski definition) is 4. The van der Waals surface area contributed by atoms with Crippen molar-refractivity contribution in [1.29, 1.82) is 0 Å². The Labute approximate surface area is 157 Å². The molecule has 0 atom stereocenters. The molecule has 0 saturated carbocycles. The highest BCUT2D eigenvalue weighted by atomic mass is 35.5. The molecule has 3 aromatic rings. The van der Waals surface area contributed by atoms with Crippen LogP contribution in [0.15, 0.2) is 22.8 Å². The van der Waals surface area contributed by atoms with Crippen molar-refractivity contribution in [3.63, 3.8) is 0 Å². The van der Waals surface area contributed by atoms with E-state index in [2.05, 4.69) is 15.4 Å². The van der Waals surface area contributed by atoms with E-state index in [1.807, 2.05) is 0 Å². The van der Waals surface area contributed by atoms with E-state index in [0.29, 0.717) is 29.2 Å². The molecule has 3 heterocycles. The molecular formula is C16H15Cl2F3N4O. The van der Waals surface area contributed by atoms with Gasteiger partial charge in [-0.25, -0.2) is 4.52 Å². The van der Waals surface area contributed by atoms with E-state index < -0.39 is 12.6 Å². The van der Waals surface area contributed by atoms with Gasteiger partial charge < -0.3 is 9.73 Å². The molecule has 0 fully saturated rings. The summed E-state index contributed by atoms with van der Waals surface area (Å²) in [5, 5.41) is 7.39. The molecule has 140 valence electrons. The van der Waals surface area contributed by atoms with Crippen LogP contribution in [0, 0.1) is 6.92 Å². The maximum atomic E-state index is 12.4. The molecule has 3 aromatic heterocycles. The van der Waals surface area contributed by atoms with Crippen molar-refractivity contribution in [2.75, 3.05) is 5.32 Å². The average molecular weight is 407 g/mol. The van der Waals surface area contributed by atoms with Crippen LogP contribution in [0.1, 0.15) is 29.7 Å². The summed E-state index contributed by atoms with van der Waals surface area (Å²) in [6.45, 7) is 2.14. The number of alkyl halides is 3. The van der Waals surface area contributed by atoms with Gasteiger partial charge in [-0.05, 0) is 54.6 Å². The topological polar surface area (TPSA) is 55.4 Å². The lowest BCUT2D eigenvalue weighted by Gasteiger charge is -2.07. The van der Waals surface area contributed by atoms with Crippen LogP contribution in [-0.4, -0.2) is 20.8 Å². The molecule has 26 heavy (non-hydrogen) atoms. The fourth-order valence-electron chi connectivity index (χ4n) is 2.77. The molecule has 0 saturated heterocycles. The van der Waals surface area contributed by atoms with Crippen molar-refractivity contribution in [1.82, 2.24) is 14.6 Å². The predicted molar refractivity (Wildman–Crippen MR) is 92.8 cm³/mol. The summed E-state index contributed by atoms with van der Waals surface area (Å²) >= 11 is 12.3. The van der Waals surface area contributed by atoms with E-state index in [4.69, 9.17) is 27.6 Å². The van der Waals surface area contributed by atoms with Crippen LogP contribution in [0.2, 0.25) is 10.4 Å². The van der Waals surface area contributed by atoms with E-state index in [1.54, 1.807) is 25.3 Å². The first-order valence-corrected chi connectivity index (χ1v) is 8.58. The van der Waals surface area contributed by atoms with Crippen molar-refractivity contribution in [2.24, 2.45) is 0 Å². The fraction of sp³-hybridized carbons (Fsp3) is 0.375. The first kappa shape index (κ1) is 18.8. The third kappa shape index (κ3) is 4.07. The number of halogens is 5. The van der Waals surface area contributed by atoms with E-state index in [0.717, 1.165) is 5.56 Å². The monoisotopic (exact) mass is 406 g/mol. The third-order valence-electron chi connectivity index (χ3n) is 3.96. The highest BCUT2D eigenvalue weighted by molar-refractivity contribution is 6.31. The molecule has 0 spiro atoms. The van der Waals surface area contributed by atoms with Crippen molar-refractivity contribution in [3.8, 4) is 0 Å². The molecule has 0 bridgehead atoms. The fourth-order valence-corrected chi connectivity index (χ4v) is 3.29. The number of aromatic nitrogens is 3. The second-order valence-corrected chi connectivity index (χ2v) is 6.48. The quantitative estimate of drug-likeness (QED) is 0.592. The van der Waals surface area contributed by atoms with Gasteiger partial charge in [0.1, 0.15) is 16.4 Å². The number of aryl methyl sites for hydroxylation is 1. The number of fused-ring (bicyclic) bond motifs is 1. The summed E-state index contributed by atoms with van der Waals surface area (Å²) in [6, 6.07) is 3.56. The normalized spacial score (nSPS) is 12.1. The molecule has 0 aliphatic heterocycles. The Bertz CT molecular complexity index is 907. The Hall–Kier alpha value is -1.93. The summed E-state index contributed by atoms with van der Waals surface area (Å²) in [5.41, 5.74) is 1.90. The van der Waals surface area contributed by atoms with Gasteiger partial charge in [-0.1, -0.05) is 11.6 Å². The van der Waals surface area contributed by atoms with Gasteiger partial charge in [0.25, 0.3) is 0 Å². The number of rotatable bonds is 6. The number of nitrogens with zero attached hydrogens (tertiary/aromatic N) is 3. The minimum absolute atomic E-state index is 0.0295. The molecule has 1 N–H and O–H groups in total. The second-order valence-electron chi connectivity index (χ2n) is 5.79. The smallest absolute Gasteiger partial charge is 0.389 e. The Morgan fingerprint density at radius 1 is 1.31 bits per heavy atom. The van der Waals surface area contributed by atoms with Crippen molar-refractivity contribution < 1.29 is 17.6 Å². The van der Waals surface area contributed by atoms with Gasteiger partial charge in [0.15, 0.2) is 5.82 Å². The van der Waals surface area contributed by atoms with E-state index in [1.165, 1.54) is 4.52 Å². The lowest BCUT2D eigenvalue weighted by molar-refractivity contribution is -0.135. The molecule has 3 rings (SSSR count). The number of anilines is 1. The maximum Gasteiger partial charge on any atom is 0.389 e. The number of furan rings is 1. The number of nitrogens with one attached hydrogen (secondary N) is 1. The highest BCUT2D eigenvalue weighted by Gasteiger charge is 2.27. The van der Waals surface area contributed by atoms with Crippen LogP contribution in [0.4, 0.5) is 19.0 Å². The van der Waals surface area contributed by atoms with Gasteiger partial charge >= 0.3 is 6.18 Å². The van der Waals surface area contributed by atoms with Crippen LogP contribution < -0.4 is 5.32 Å². The Kier molecular flexibility index (Phi) is 5.34. The number of hydrogen-bond donors (Lipinski definition) is 1. The van der Waals surface area contributed by atoms with Gasteiger partial charge in [0, 0.05) is 6.42 Å². The standard InChI is InChI=1S/C16H15Cl2F3N4O/c1-9-11(5-2-6-16(19,20)21)13(17)25-12(9)14(23-15(18)24-25)22-8-10-4-3-7-26-10/h3-4,7H,2,5-6,8H2,1H3,(H,22,23,24). The van der Waals surface area contributed by atoms with Crippen LogP contribution >= 0.6 is 23.2 Å². The predicted octanol–water partition coefficient (Wildman–Crippen LogP) is 5.43.